The Balaban J connectivity index is 1.09. The molecule has 7 aliphatic rings. The molecular weight excluding hydrogens is 1060 g/mol. The van der Waals surface area contributed by atoms with Crippen molar-refractivity contribution in [3.63, 3.8) is 0 Å². The van der Waals surface area contributed by atoms with Crippen LogP contribution in [0.5, 0.6) is 46.0 Å². The molecule has 8 nitrogen and oxygen atoms in total. The first-order chi connectivity index (χ1) is 36.2. The third kappa shape index (κ3) is 6.49. The second-order valence-corrected chi connectivity index (χ2v) is 21.5. The van der Waals surface area contributed by atoms with Gasteiger partial charge in [0.15, 0.2) is 0 Å². The van der Waals surface area contributed by atoms with Crippen LogP contribution < -0.4 is 37.9 Å². The van der Waals surface area contributed by atoms with E-state index in [1.165, 1.54) is 66.8 Å². The molecule has 0 aliphatic heterocycles. The van der Waals surface area contributed by atoms with Crippen LogP contribution in [0.25, 0.3) is 0 Å². The molecule has 15 rings (SSSR count). The summed E-state index contributed by atoms with van der Waals surface area (Å²) in [5.41, 5.74) is 23.0. The Hall–Kier alpha value is -6.88. The SMILES string of the molecule is COc1c2cc(c(OC)c1Br)Cc1ccc3c(c1OC)C1c4ccccc4C3c3ccc(c(OC)c31)Cc1cc(c(OC)c(Br)c1OC)Cc1ccc3c(c1OC)C1c4ccccc4C3c3ccc(c(OC)c31)C2. The van der Waals surface area contributed by atoms with Gasteiger partial charge in [0.25, 0.3) is 0 Å². The summed E-state index contributed by atoms with van der Waals surface area (Å²) in [6.45, 7) is 0. The number of fused-ring (bicyclic) bond motifs is 8. The minimum Gasteiger partial charge on any atom is -0.496 e. The van der Waals surface area contributed by atoms with Crippen molar-refractivity contribution in [3.05, 3.63) is 229 Å². The van der Waals surface area contributed by atoms with Crippen molar-refractivity contribution >= 4 is 31.9 Å². The van der Waals surface area contributed by atoms with Gasteiger partial charge in [-0.15, -0.1) is 0 Å². The van der Waals surface area contributed by atoms with E-state index in [0.717, 1.165) is 76.5 Å². The Bertz CT molecular complexity index is 3270. The van der Waals surface area contributed by atoms with Crippen LogP contribution in [0.3, 0.4) is 0 Å². The number of hydrogen-bond acceptors (Lipinski definition) is 8. The van der Waals surface area contributed by atoms with Crippen molar-refractivity contribution in [1.29, 1.82) is 0 Å². The largest absolute Gasteiger partial charge is 0.496 e. The van der Waals surface area contributed by atoms with Crippen molar-refractivity contribution in [2.75, 3.05) is 56.9 Å². The molecular formula is C64H54Br2O8. The summed E-state index contributed by atoms with van der Waals surface area (Å²) in [7, 11) is 14.1. The highest BCUT2D eigenvalue weighted by Gasteiger charge is 2.47. The van der Waals surface area contributed by atoms with E-state index in [2.05, 4.69) is 141 Å². The zero-order valence-electron chi connectivity index (χ0n) is 42.6. The molecule has 0 unspecified atom stereocenters. The van der Waals surface area contributed by atoms with Gasteiger partial charge in [-0.2, -0.15) is 0 Å². The minimum atomic E-state index is -0.160. The summed E-state index contributed by atoms with van der Waals surface area (Å²) < 4.78 is 53.2. The number of methoxy groups -OCH3 is 8. The first-order valence-electron chi connectivity index (χ1n) is 25.0. The van der Waals surface area contributed by atoms with Crippen LogP contribution in [-0.4, -0.2) is 56.9 Å². The second kappa shape index (κ2) is 17.9. The van der Waals surface area contributed by atoms with Gasteiger partial charge in [0, 0.05) is 93.9 Å². The fourth-order valence-corrected chi connectivity index (χ4v) is 15.7. The van der Waals surface area contributed by atoms with Crippen LogP contribution in [-0.2, 0) is 25.7 Å². The zero-order chi connectivity index (χ0) is 50.8. The van der Waals surface area contributed by atoms with Gasteiger partial charge in [-0.1, -0.05) is 97.1 Å². The van der Waals surface area contributed by atoms with Gasteiger partial charge in [0.05, 0.1) is 56.9 Å². The fourth-order valence-electron chi connectivity index (χ4n) is 14.0. The second-order valence-electron chi connectivity index (χ2n) is 19.9. The normalized spacial score (nSPS) is 17.6. The van der Waals surface area contributed by atoms with E-state index in [1.807, 2.05) is 0 Å². The van der Waals surface area contributed by atoms with E-state index in [1.54, 1.807) is 56.9 Å². The predicted molar refractivity (Wildman–Crippen MR) is 294 cm³/mol. The van der Waals surface area contributed by atoms with Gasteiger partial charge in [0.2, 0.25) is 0 Å². The number of rotatable bonds is 8. The fraction of sp³-hybridized carbons (Fsp3) is 0.250. The summed E-state index contributed by atoms with van der Waals surface area (Å²) >= 11 is 7.97. The first-order valence-corrected chi connectivity index (χ1v) is 26.6. The lowest BCUT2D eigenvalue weighted by molar-refractivity contribution is 0.381. The molecule has 8 aromatic rings. The van der Waals surface area contributed by atoms with Crippen LogP contribution >= 0.6 is 31.9 Å². The molecule has 0 spiro atoms. The molecule has 0 radical (unpaired) electrons. The van der Waals surface area contributed by atoms with Crippen LogP contribution in [0, 0.1) is 0 Å². The maximum Gasteiger partial charge on any atom is 0.140 e. The van der Waals surface area contributed by atoms with Crippen LogP contribution in [0.2, 0.25) is 0 Å². The Morgan fingerprint density at radius 1 is 0.270 bits per heavy atom. The summed E-state index contributed by atoms with van der Waals surface area (Å²) in [6, 6.07) is 40.5. The quantitative estimate of drug-likeness (QED) is 0.149. The summed E-state index contributed by atoms with van der Waals surface area (Å²) in [5, 5.41) is 0. The van der Waals surface area contributed by atoms with Crippen molar-refractivity contribution < 1.29 is 37.9 Å². The monoisotopic (exact) mass is 1110 g/mol. The molecule has 0 N–H and O–H groups in total. The first kappa shape index (κ1) is 46.9. The van der Waals surface area contributed by atoms with Crippen molar-refractivity contribution in [2.24, 2.45) is 0 Å². The molecule has 7 aliphatic carbocycles. The van der Waals surface area contributed by atoms with Crippen molar-refractivity contribution in [3.8, 4) is 46.0 Å². The minimum absolute atomic E-state index is 0.0220. The van der Waals surface area contributed by atoms with E-state index in [9.17, 15) is 0 Å². The molecule has 0 saturated carbocycles. The highest BCUT2D eigenvalue weighted by Crippen LogP contribution is 2.63. The molecule has 16 bridgehead atoms. The predicted octanol–water partition coefficient (Wildman–Crippen LogP) is 13.9. The van der Waals surface area contributed by atoms with Gasteiger partial charge >= 0.3 is 0 Å². The lowest BCUT2D eigenvalue weighted by Gasteiger charge is -2.44. The molecule has 10 heteroatoms. The molecule has 372 valence electrons. The lowest BCUT2D eigenvalue weighted by atomic mass is 9.60. The van der Waals surface area contributed by atoms with Crippen molar-refractivity contribution in [2.45, 2.75) is 49.4 Å². The van der Waals surface area contributed by atoms with Gasteiger partial charge < -0.3 is 37.9 Å². The number of ether oxygens (including phenoxy) is 8. The van der Waals surface area contributed by atoms with Gasteiger partial charge in [-0.05, 0) is 111 Å². The van der Waals surface area contributed by atoms with Crippen LogP contribution in [0.1, 0.15) is 135 Å². The Morgan fingerprint density at radius 3 is 0.730 bits per heavy atom. The molecule has 8 aromatic carbocycles. The Labute approximate surface area is 448 Å². The summed E-state index contributed by atoms with van der Waals surface area (Å²) in [5.74, 6) is 5.95. The van der Waals surface area contributed by atoms with Crippen LogP contribution in [0.4, 0.5) is 0 Å². The molecule has 0 fully saturated rings. The average Bonchev–Trinajstić information content (AvgIpc) is 3.43. The molecule has 0 saturated heterocycles. The maximum absolute atomic E-state index is 6.66. The molecule has 74 heavy (non-hydrogen) atoms. The van der Waals surface area contributed by atoms with Gasteiger partial charge in [-0.3, -0.25) is 0 Å². The molecule has 0 atom stereocenters. The highest BCUT2D eigenvalue weighted by molar-refractivity contribution is 9.11. The molecule has 0 amide bonds. The van der Waals surface area contributed by atoms with Gasteiger partial charge in [-0.25, -0.2) is 0 Å². The summed E-state index contributed by atoms with van der Waals surface area (Å²) in [6.07, 6.45) is 2.14. The van der Waals surface area contributed by atoms with Gasteiger partial charge in [0.1, 0.15) is 54.9 Å². The van der Waals surface area contributed by atoms with E-state index in [-0.39, 0.29) is 23.7 Å². The zero-order valence-corrected chi connectivity index (χ0v) is 45.7. The van der Waals surface area contributed by atoms with E-state index >= 15 is 0 Å². The number of benzene rings is 8. The average molecular weight is 1110 g/mol. The maximum atomic E-state index is 6.66. The third-order valence-electron chi connectivity index (χ3n) is 16.7. The number of hydrogen-bond donors (Lipinski definition) is 0. The number of halogens is 2. The topological polar surface area (TPSA) is 73.8 Å². The van der Waals surface area contributed by atoms with E-state index in [0.29, 0.717) is 48.7 Å². The summed E-state index contributed by atoms with van der Waals surface area (Å²) in [4.78, 5) is 0. The van der Waals surface area contributed by atoms with Crippen LogP contribution in [0.15, 0.2) is 118 Å². The van der Waals surface area contributed by atoms with Crippen molar-refractivity contribution in [1.82, 2.24) is 0 Å². The standard InChI is InChI=1S/C64H54Br2O8/c1-67-57-31-17-21-43-47-39-13-9-11-15-41(39)49(51(43)57)52-44(47)22-18-32(58(52)68-2)26-37-30-38(64(74-8)56(66)63(37)73-7)28-34-20-24-46-48-40-14-10-12-16-42(40)50(54(46)60(34)70-4)53-45(48)23-19-33(59(53)69-3)27-36-29-35(25-31)61(71-5)55(65)62(36)72-6/h9-24,29-30,47-50H,25-28H2,1-8H3. The van der Waals surface area contributed by atoms with E-state index < -0.39 is 0 Å². The molecule has 0 heterocycles. The highest BCUT2D eigenvalue weighted by atomic mass is 79.9. The van der Waals surface area contributed by atoms with E-state index in [4.69, 9.17) is 37.9 Å². The Kier molecular flexibility index (Phi) is 11.3. The Morgan fingerprint density at radius 2 is 0.500 bits per heavy atom. The third-order valence-corrected chi connectivity index (χ3v) is 18.1. The molecule has 0 aromatic heterocycles. The lowest BCUT2D eigenvalue weighted by Crippen LogP contribution is -2.29. The smallest absolute Gasteiger partial charge is 0.140 e.